The SMILES string of the molecule is Cc1sc(NC2CCCC2)nc1-c1ccc2c(c1)CCN2C(=O)c1ccccc1F. The van der Waals surface area contributed by atoms with Gasteiger partial charge in [-0.1, -0.05) is 31.0 Å². The van der Waals surface area contributed by atoms with Crippen LogP contribution in [0.15, 0.2) is 42.5 Å². The molecule has 0 bridgehead atoms. The van der Waals surface area contributed by atoms with E-state index in [0.717, 1.165) is 34.1 Å². The molecule has 2 heterocycles. The number of hydrogen-bond acceptors (Lipinski definition) is 4. The molecule has 30 heavy (non-hydrogen) atoms. The van der Waals surface area contributed by atoms with Crippen LogP contribution in [0.3, 0.4) is 0 Å². The van der Waals surface area contributed by atoms with Crippen molar-refractivity contribution in [3.8, 4) is 11.3 Å². The van der Waals surface area contributed by atoms with Gasteiger partial charge in [-0.3, -0.25) is 4.79 Å². The predicted molar refractivity (Wildman–Crippen MR) is 120 cm³/mol. The summed E-state index contributed by atoms with van der Waals surface area (Å²) in [4.78, 5) is 20.6. The molecule has 0 saturated heterocycles. The Bertz CT molecular complexity index is 1100. The molecule has 0 spiro atoms. The minimum absolute atomic E-state index is 0.118. The molecule has 2 aliphatic rings. The third-order valence-electron chi connectivity index (χ3n) is 6.08. The largest absolute Gasteiger partial charge is 0.359 e. The second kappa shape index (κ2) is 7.84. The second-order valence-electron chi connectivity index (χ2n) is 8.08. The van der Waals surface area contributed by atoms with Crippen LogP contribution in [0.4, 0.5) is 15.2 Å². The summed E-state index contributed by atoms with van der Waals surface area (Å²) in [7, 11) is 0. The normalized spacial score (nSPS) is 16.1. The first-order valence-corrected chi connectivity index (χ1v) is 11.4. The Morgan fingerprint density at radius 1 is 1.20 bits per heavy atom. The van der Waals surface area contributed by atoms with Crippen LogP contribution in [0.5, 0.6) is 0 Å². The number of hydrogen-bond donors (Lipinski definition) is 1. The molecule has 5 rings (SSSR count). The number of aromatic nitrogens is 1. The van der Waals surface area contributed by atoms with Crippen molar-refractivity contribution >= 4 is 28.1 Å². The van der Waals surface area contributed by atoms with Gasteiger partial charge in [0, 0.05) is 28.7 Å². The van der Waals surface area contributed by atoms with Gasteiger partial charge in [0.25, 0.3) is 5.91 Å². The Morgan fingerprint density at radius 3 is 2.80 bits per heavy atom. The van der Waals surface area contributed by atoms with E-state index in [4.69, 9.17) is 4.98 Å². The number of carbonyl (C=O) groups excluding carboxylic acids is 1. The van der Waals surface area contributed by atoms with E-state index in [2.05, 4.69) is 18.3 Å². The smallest absolute Gasteiger partial charge is 0.261 e. The van der Waals surface area contributed by atoms with E-state index < -0.39 is 5.82 Å². The Labute approximate surface area is 179 Å². The molecule has 0 radical (unpaired) electrons. The average Bonchev–Trinajstić information content (AvgIpc) is 3.48. The Balaban J connectivity index is 1.40. The Morgan fingerprint density at radius 2 is 2.00 bits per heavy atom. The molecule has 1 aromatic heterocycles. The van der Waals surface area contributed by atoms with Gasteiger partial charge in [0.1, 0.15) is 5.82 Å². The zero-order chi connectivity index (χ0) is 20.7. The van der Waals surface area contributed by atoms with Crippen LogP contribution < -0.4 is 10.2 Å². The van der Waals surface area contributed by atoms with E-state index >= 15 is 0 Å². The average molecular weight is 422 g/mol. The topological polar surface area (TPSA) is 45.2 Å². The van der Waals surface area contributed by atoms with Gasteiger partial charge in [0.05, 0.1) is 11.3 Å². The highest BCUT2D eigenvalue weighted by atomic mass is 32.1. The number of anilines is 2. The van der Waals surface area contributed by atoms with E-state index in [1.165, 1.54) is 36.6 Å². The molecule has 2 aromatic carbocycles. The van der Waals surface area contributed by atoms with Gasteiger partial charge in [-0.05, 0) is 56.0 Å². The van der Waals surface area contributed by atoms with E-state index in [-0.39, 0.29) is 11.5 Å². The van der Waals surface area contributed by atoms with Crippen molar-refractivity contribution in [2.75, 3.05) is 16.8 Å². The molecule has 154 valence electrons. The molecule has 4 nitrogen and oxygen atoms in total. The van der Waals surface area contributed by atoms with Gasteiger partial charge in [0.15, 0.2) is 5.13 Å². The van der Waals surface area contributed by atoms with Crippen LogP contribution in [0, 0.1) is 12.7 Å². The van der Waals surface area contributed by atoms with Crippen molar-refractivity contribution in [1.82, 2.24) is 4.98 Å². The lowest BCUT2D eigenvalue weighted by atomic mass is 10.1. The van der Waals surface area contributed by atoms with Crippen molar-refractivity contribution in [3.05, 3.63) is 64.3 Å². The number of aryl methyl sites for hydroxylation is 1. The lowest BCUT2D eigenvalue weighted by Crippen LogP contribution is -2.29. The minimum atomic E-state index is -0.479. The third kappa shape index (κ3) is 3.49. The summed E-state index contributed by atoms with van der Waals surface area (Å²) in [5, 5.41) is 4.58. The molecule has 1 saturated carbocycles. The number of halogens is 1. The first kappa shape index (κ1) is 19.2. The number of amides is 1. The minimum Gasteiger partial charge on any atom is -0.359 e. The lowest BCUT2D eigenvalue weighted by Gasteiger charge is -2.18. The summed E-state index contributed by atoms with van der Waals surface area (Å²) in [6.07, 6.45) is 5.79. The molecule has 1 aliphatic carbocycles. The molecular weight excluding hydrogens is 397 g/mol. The zero-order valence-corrected chi connectivity index (χ0v) is 17.8. The number of rotatable bonds is 4. The summed E-state index contributed by atoms with van der Waals surface area (Å²) in [6.45, 7) is 2.67. The summed E-state index contributed by atoms with van der Waals surface area (Å²) < 4.78 is 14.1. The quantitative estimate of drug-likeness (QED) is 0.578. The molecule has 0 atom stereocenters. The highest BCUT2D eigenvalue weighted by Gasteiger charge is 2.28. The van der Waals surface area contributed by atoms with Crippen LogP contribution in [0.1, 0.15) is 46.5 Å². The van der Waals surface area contributed by atoms with Crippen LogP contribution in [0.2, 0.25) is 0 Å². The standard InChI is InChI=1S/C24H24FN3OS/c1-15-22(27-24(30-15)26-18-6-2-3-7-18)17-10-11-21-16(14-17)12-13-28(21)23(29)19-8-4-5-9-20(19)25/h4-5,8-11,14,18H,2-3,6-7,12-13H2,1H3,(H,26,27). The zero-order valence-electron chi connectivity index (χ0n) is 17.0. The summed E-state index contributed by atoms with van der Waals surface area (Å²) in [5.74, 6) is -0.763. The van der Waals surface area contributed by atoms with Crippen molar-refractivity contribution < 1.29 is 9.18 Å². The highest BCUT2D eigenvalue weighted by Crippen LogP contribution is 2.37. The molecule has 1 fully saturated rings. The number of nitrogens with zero attached hydrogens (tertiary/aromatic N) is 2. The van der Waals surface area contributed by atoms with Gasteiger partial charge in [-0.15, -0.1) is 11.3 Å². The molecule has 1 amide bonds. The van der Waals surface area contributed by atoms with E-state index in [1.807, 2.05) is 12.1 Å². The van der Waals surface area contributed by atoms with Gasteiger partial charge < -0.3 is 10.2 Å². The van der Waals surface area contributed by atoms with Gasteiger partial charge in [-0.2, -0.15) is 0 Å². The Hall–Kier alpha value is -2.73. The van der Waals surface area contributed by atoms with Crippen LogP contribution in [-0.2, 0) is 6.42 Å². The fraction of sp³-hybridized carbons (Fsp3) is 0.333. The first-order chi connectivity index (χ1) is 14.6. The second-order valence-corrected chi connectivity index (χ2v) is 9.28. The van der Waals surface area contributed by atoms with Crippen LogP contribution in [-0.4, -0.2) is 23.5 Å². The maximum absolute atomic E-state index is 14.1. The monoisotopic (exact) mass is 421 g/mol. The number of benzene rings is 2. The summed E-state index contributed by atoms with van der Waals surface area (Å²) >= 11 is 1.71. The summed E-state index contributed by atoms with van der Waals surface area (Å²) in [5.41, 5.74) is 4.16. The maximum atomic E-state index is 14.1. The number of thiazole rings is 1. The Kier molecular flexibility index (Phi) is 5.03. The maximum Gasteiger partial charge on any atom is 0.261 e. The van der Waals surface area contributed by atoms with Gasteiger partial charge in [-0.25, -0.2) is 9.37 Å². The third-order valence-corrected chi connectivity index (χ3v) is 6.98. The van der Waals surface area contributed by atoms with Crippen LogP contribution >= 0.6 is 11.3 Å². The molecule has 1 aliphatic heterocycles. The fourth-order valence-corrected chi connectivity index (χ4v) is 5.42. The van der Waals surface area contributed by atoms with Crippen molar-refractivity contribution in [2.45, 2.75) is 45.1 Å². The van der Waals surface area contributed by atoms with Crippen LogP contribution in [0.25, 0.3) is 11.3 Å². The van der Waals surface area contributed by atoms with Crippen molar-refractivity contribution in [1.29, 1.82) is 0 Å². The molecule has 0 unspecified atom stereocenters. The molecular formula is C24H24FN3OS. The molecule has 6 heteroatoms. The predicted octanol–water partition coefficient (Wildman–Crippen LogP) is 5.82. The summed E-state index contributed by atoms with van der Waals surface area (Å²) in [6, 6.07) is 12.8. The van der Waals surface area contributed by atoms with E-state index in [9.17, 15) is 9.18 Å². The van der Waals surface area contributed by atoms with Crippen molar-refractivity contribution in [2.24, 2.45) is 0 Å². The lowest BCUT2D eigenvalue weighted by molar-refractivity contribution is 0.0985. The highest BCUT2D eigenvalue weighted by molar-refractivity contribution is 7.16. The van der Waals surface area contributed by atoms with E-state index in [0.29, 0.717) is 12.6 Å². The fourth-order valence-electron chi connectivity index (χ4n) is 4.51. The van der Waals surface area contributed by atoms with Gasteiger partial charge >= 0.3 is 0 Å². The number of carbonyl (C=O) groups is 1. The number of nitrogens with one attached hydrogen (secondary N) is 1. The molecule has 1 N–H and O–H groups in total. The first-order valence-electron chi connectivity index (χ1n) is 10.5. The van der Waals surface area contributed by atoms with Gasteiger partial charge in [0.2, 0.25) is 0 Å². The van der Waals surface area contributed by atoms with E-state index in [1.54, 1.807) is 34.4 Å². The molecule has 3 aromatic rings. The number of fused-ring (bicyclic) bond motifs is 1. The van der Waals surface area contributed by atoms with Crippen molar-refractivity contribution in [3.63, 3.8) is 0 Å².